The van der Waals surface area contributed by atoms with Crippen molar-refractivity contribution in [1.29, 1.82) is 0 Å². The molecule has 2 N–H and O–H groups in total. The summed E-state index contributed by atoms with van der Waals surface area (Å²) in [6, 6.07) is 8.23. The van der Waals surface area contributed by atoms with Gasteiger partial charge in [0.2, 0.25) is 11.8 Å². The second-order valence-electron chi connectivity index (χ2n) is 18.1. The Balaban J connectivity index is 0.777. The fourth-order valence-electron chi connectivity index (χ4n) is 10.6. The highest BCUT2D eigenvalue weighted by Gasteiger charge is 2.45. The summed E-state index contributed by atoms with van der Waals surface area (Å²) in [6.45, 7) is 10.9. The second-order valence-corrected chi connectivity index (χ2v) is 18.1. The molecule has 0 radical (unpaired) electrons. The van der Waals surface area contributed by atoms with Crippen molar-refractivity contribution < 1.29 is 38.2 Å². The van der Waals surface area contributed by atoms with Crippen LogP contribution in [0.25, 0.3) is 11.1 Å². The first-order valence-electron chi connectivity index (χ1n) is 22.7. The average Bonchev–Trinajstić information content (AvgIpc) is 3.57. The van der Waals surface area contributed by atoms with Gasteiger partial charge in [-0.25, -0.2) is 4.79 Å². The lowest BCUT2D eigenvalue weighted by atomic mass is 9.88. The molecule has 9 rings (SSSR count). The SMILES string of the molecule is CNC(=O)N1CCc2c(-c3cc(OC)c(CN4CCC5(CC4)CN(CCN4CCN(c6ccc7c(c6)C(=O)N(C6CCC(=O)NC6=O)C7=O)CC4)CCO5)c(OC)c3)cn(C)c(=O)c2C1. The maximum atomic E-state index is 13.4. The number of methoxy groups -OCH3 is 2. The molecule has 65 heavy (non-hydrogen) atoms. The predicted octanol–water partition coefficient (Wildman–Crippen LogP) is 1.66. The van der Waals surface area contributed by atoms with Crippen molar-refractivity contribution in [3.8, 4) is 22.6 Å². The van der Waals surface area contributed by atoms with E-state index in [0.717, 1.165) is 123 Å². The van der Waals surface area contributed by atoms with E-state index in [-0.39, 0.29) is 36.6 Å². The van der Waals surface area contributed by atoms with Gasteiger partial charge in [0.25, 0.3) is 17.4 Å². The monoisotopic (exact) mass is 893 g/mol. The second kappa shape index (κ2) is 18.2. The maximum absolute atomic E-state index is 13.4. The standard InChI is InChI=1S/C47H59N9O9/c1-48-46(62)55-12-9-32-35(26-50(2)43(59)36(32)28-55)30-23-39(63-3)37(40(24-30)64-4)27-52-13-10-47(11-14-52)29-53(21-22-65-47)16-15-51-17-19-54(20-18-51)31-5-6-33-34(25-31)45(61)56(44(33)60)38-7-8-41(57)49-42(38)58/h5-6,23-26,38H,7-22,27-29H2,1-4H3,(H,48,62)(H,49,57,58). The normalized spacial score (nSPS) is 21.7. The van der Waals surface area contributed by atoms with Gasteiger partial charge in [0.15, 0.2) is 0 Å². The van der Waals surface area contributed by atoms with Gasteiger partial charge < -0.3 is 33.9 Å². The summed E-state index contributed by atoms with van der Waals surface area (Å²) in [5.41, 5.74) is 5.55. The number of piperazine rings is 1. The summed E-state index contributed by atoms with van der Waals surface area (Å²) in [6.07, 6.45) is 4.50. The van der Waals surface area contributed by atoms with Gasteiger partial charge in [-0.15, -0.1) is 0 Å². The Kier molecular flexibility index (Phi) is 12.4. The quantitative estimate of drug-likeness (QED) is 0.281. The van der Waals surface area contributed by atoms with E-state index in [1.165, 1.54) is 0 Å². The van der Waals surface area contributed by atoms with E-state index in [2.05, 4.69) is 30.2 Å². The number of piperidine rings is 2. The zero-order chi connectivity index (χ0) is 45.6. The van der Waals surface area contributed by atoms with Crippen LogP contribution in [0.5, 0.6) is 11.5 Å². The fraction of sp³-hybridized carbons (Fsp3) is 0.532. The van der Waals surface area contributed by atoms with Crippen molar-refractivity contribution in [1.82, 2.24) is 39.7 Å². The zero-order valence-corrected chi connectivity index (χ0v) is 37.8. The molecule has 2 aromatic carbocycles. The molecule has 1 atom stereocenters. The number of rotatable bonds is 10. The van der Waals surface area contributed by atoms with Gasteiger partial charge in [-0.1, -0.05) is 0 Å². The summed E-state index contributed by atoms with van der Waals surface area (Å²) in [7, 11) is 6.70. The van der Waals surface area contributed by atoms with Gasteiger partial charge in [-0.3, -0.25) is 48.9 Å². The van der Waals surface area contributed by atoms with E-state index in [0.29, 0.717) is 42.8 Å². The largest absolute Gasteiger partial charge is 0.496 e. The Bertz CT molecular complexity index is 2430. The van der Waals surface area contributed by atoms with Gasteiger partial charge in [0.1, 0.15) is 17.5 Å². The first kappa shape index (κ1) is 44.4. The molecule has 6 amide bonds. The Hall–Kier alpha value is -5.82. The van der Waals surface area contributed by atoms with Crippen molar-refractivity contribution in [2.45, 2.75) is 56.8 Å². The lowest BCUT2D eigenvalue weighted by molar-refractivity contribution is -0.137. The third-order valence-corrected chi connectivity index (χ3v) is 14.4. The molecule has 0 aliphatic carbocycles. The van der Waals surface area contributed by atoms with E-state index in [4.69, 9.17) is 14.2 Å². The number of likely N-dealkylation sites (tertiary alicyclic amines) is 1. The van der Waals surface area contributed by atoms with Crippen molar-refractivity contribution in [2.24, 2.45) is 7.05 Å². The number of nitrogens with one attached hydrogen (secondary N) is 2. The molecule has 0 bridgehead atoms. The van der Waals surface area contributed by atoms with Crippen LogP contribution in [-0.2, 0) is 40.9 Å². The summed E-state index contributed by atoms with van der Waals surface area (Å²) < 4.78 is 20.2. The van der Waals surface area contributed by atoms with Gasteiger partial charge >= 0.3 is 6.03 Å². The number of amides is 6. The molecule has 1 spiro atoms. The van der Waals surface area contributed by atoms with Crippen molar-refractivity contribution in [3.63, 3.8) is 0 Å². The molecule has 7 heterocycles. The van der Waals surface area contributed by atoms with Crippen LogP contribution in [0.2, 0.25) is 0 Å². The van der Waals surface area contributed by atoms with E-state index in [1.54, 1.807) is 49.9 Å². The third kappa shape index (κ3) is 8.59. The Morgan fingerprint density at radius 3 is 2.22 bits per heavy atom. The summed E-state index contributed by atoms with van der Waals surface area (Å²) in [5.74, 6) is -0.534. The Morgan fingerprint density at radius 1 is 0.815 bits per heavy atom. The minimum absolute atomic E-state index is 0.0876. The van der Waals surface area contributed by atoms with Crippen LogP contribution >= 0.6 is 0 Å². The molecule has 3 aromatic rings. The van der Waals surface area contributed by atoms with Crippen LogP contribution in [-0.4, -0.2) is 170 Å². The molecule has 1 aromatic heterocycles. The lowest BCUT2D eigenvalue weighted by Gasteiger charge is -2.48. The number of ether oxygens (including phenoxy) is 3. The number of carbonyl (C=O) groups is 5. The molecule has 346 valence electrons. The summed E-state index contributed by atoms with van der Waals surface area (Å²) >= 11 is 0. The van der Waals surface area contributed by atoms with Crippen LogP contribution in [0, 0.1) is 0 Å². The van der Waals surface area contributed by atoms with Crippen molar-refractivity contribution in [2.75, 3.05) is 105 Å². The number of morpholine rings is 1. The van der Waals surface area contributed by atoms with Gasteiger partial charge in [0, 0.05) is 122 Å². The van der Waals surface area contributed by atoms with Crippen LogP contribution < -0.4 is 30.6 Å². The number of hydrogen-bond acceptors (Lipinski definition) is 13. The molecule has 6 aliphatic heterocycles. The Morgan fingerprint density at radius 2 is 1.52 bits per heavy atom. The topological polar surface area (TPSA) is 179 Å². The maximum Gasteiger partial charge on any atom is 0.317 e. The number of fused-ring (bicyclic) bond motifs is 2. The number of carbonyl (C=O) groups excluding carboxylic acids is 5. The van der Waals surface area contributed by atoms with Gasteiger partial charge in [-0.05, 0) is 67.1 Å². The fourth-order valence-corrected chi connectivity index (χ4v) is 10.6. The van der Waals surface area contributed by atoms with Crippen molar-refractivity contribution >= 4 is 35.3 Å². The first-order chi connectivity index (χ1) is 31.4. The smallest absolute Gasteiger partial charge is 0.317 e. The number of urea groups is 1. The molecule has 0 saturated carbocycles. The Labute approximate surface area is 378 Å². The van der Waals surface area contributed by atoms with Crippen LogP contribution in [0.15, 0.2) is 41.3 Å². The molecule has 18 nitrogen and oxygen atoms in total. The molecular formula is C47H59N9O9. The number of aryl methyl sites for hydroxylation is 1. The van der Waals surface area contributed by atoms with Crippen molar-refractivity contribution in [3.05, 3.63) is 74.7 Å². The highest BCUT2D eigenvalue weighted by Crippen LogP contribution is 2.40. The number of anilines is 1. The molecule has 1 unspecified atom stereocenters. The zero-order valence-electron chi connectivity index (χ0n) is 37.8. The minimum Gasteiger partial charge on any atom is -0.496 e. The third-order valence-electron chi connectivity index (χ3n) is 14.4. The van der Waals surface area contributed by atoms with Gasteiger partial charge in [-0.2, -0.15) is 0 Å². The number of nitrogens with zero attached hydrogens (tertiary/aromatic N) is 7. The molecule has 4 fully saturated rings. The highest BCUT2D eigenvalue weighted by molar-refractivity contribution is 6.23. The van der Waals surface area contributed by atoms with Crippen LogP contribution in [0.4, 0.5) is 10.5 Å². The average molecular weight is 894 g/mol. The van der Waals surface area contributed by atoms with E-state index >= 15 is 0 Å². The lowest BCUT2D eigenvalue weighted by Crippen LogP contribution is -2.58. The number of imide groups is 2. The number of benzene rings is 2. The number of aromatic nitrogens is 1. The number of pyridine rings is 1. The van der Waals surface area contributed by atoms with Crippen LogP contribution in [0.3, 0.4) is 0 Å². The molecule has 18 heteroatoms. The van der Waals surface area contributed by atoms with E-state index < -0.39 is 29.7 Å². The highest BCUT2D eigenvalue weighted by atomic mass is 16.5. The van der Waals surface area contributed by atoms with Gasteiger partial charge in [0.05, 0.1) is 49.7 Å². The first-order valence-corrected chi connectivity index (χ1v) is 22.7. The van der Waals surface area contributed by atoms with E-state index in [9.17, 15) is 28.8 Å². The predicted molar refractivity (Wildman–Crippen MR) is 240 cm³/mol. The summed E-state index contributed by atoms with van der Waals surface area (Å²) in [5, 5.41) is 4.93. The van der Waals surface area contributed by atoms with Crippen LogP contribution in [0.1, 0.15) is 63.1 Å². The van der Waals surface area contributed by atoms with E-state index in [1.807, 2.05) is 24.4 Å². The molecular weight excluding hydrogens is 835 g/mol. The summed E-state index contributed by atoms with van der Waals surface area (Å²) in [4.78, 5) is 88.8. The molecule has 6 aliphatic rings. The minimum atomic E-state index is -0.980. The molecule has 4 saturated heterocycles. The number of hydrogen-bond donors (Lipinski definition) is 2.